The van der Waals surface area contributed by atoms with Crippen LogP contribution in [0, 0.1) is 11.6 Å². The van der Waals surface area contributed by atoms with E-state index < -0.39 is 0 Å². The molecule has 3 rings (SSSR count). The molecule has 2 N–H and O–H groups in total. The topological polar surface area (TPSA) is 85.9 Å². The molecule has 39 heavy (non-hydrogen) atoms. The van der Waals surface area contributed by atoms with Gasteiger partial charge in [-0.1, -0.05) is 30.7 Å². The van der Waals surface area contributed by atoms with Crippen LogP contribution in [0.2, 0.25) is 0 Å². The summed E-state index contributed by atoms with van der Waals surface area (Å²) in [5.41, 5.74) is 2.22. The molecular formula is C30H34F2N2O5. The molecule has 0 radical (unpaired) electrons. The molecule has 0 spiro atoms. The molecule has 0 unspecified atom stereocenters. The van der Waals surface area contributed by atoms with Gasteiger partial charge in [0, 0.05) is 31.0 Å². The van der Waals surface area contributed by atoms with Gasteiger partial charge in [0.15, 0.2) is 11.5 Å². The lowest BCUT2D eigenvalue weighted by Gasteiger charge is -2.18. The average molecular weight is 541 g/mol. The minimum Gasteiger partial charge on any atom is -0.493 e. The Balaban J connectivity index is 1.43. The fourth-order valence-corrected chi connectivity index (χ4v) is 4.33. The standard InChI is InChI=1S/C30H34F2N2O5/c1-37-26-18-22(19-27(38-2)29(26)39-3)30(36)34-17-16-33-28(35)7-5-4-6-25(20-8-12-23(31)13-9-20)21-10-14-24(32)15-11-21/h8-15,18-19,25H,4-7,16-17H2,1-3H3,(H,33,35)(H,34,36). The Morgan fingerprint density at radius 2 is 1.26 bits per heavy atom. The first-order valence-electron chi connectivity index (χ1n) is 12.7. The van der Waals surface area contributed by atoms with Crippen molar-refractivity contribution in [2.24, 2.45) is 0 Å². The monoisotopic (exact) mass is 540 g/mol. The zero-order chi connectivity index (χ0) is 28.2. The second-order valence-electron chi connectivity index (χ2n) is 8.92. The number of nitrogens with one attached hydrogen (secondary N) is 2. The number of amides is 2. The highest BCUT2D eigenvalue weighted by Gasteiger charge is 2.17. The third-order valence-electron chi connectivity index (χ3n) is 6.35. The van der Waals surface area contributed by atoms with Gasteiger partial charge >= 0.3 is 0 Å². The van der Waals surface area contributed by atoms with Crippen LogP contribution in [0.5, 0.6) is 17.2 Å². The molecule has 0 heterocycles. The molecule has 2 amide bonds. The van der Waals surface area contributed by atoms with Crippen LogP contribution in [0.3, 0.4) is 0 Å². The maximum Gasteiger partial charge on any atom is 0.251 e. The summed E-state index contributed by atoms with van der Waals surface area (Å²) in [5.74, 6) is 0.0343. The molecule has 208 valence electrons. The highest BCUT2D eigenvalue weighted by Crippen LogP contribution is 2.38. The predicted octanol–water partition coefficient (Wildman–Crippen LogP) is 5.23. The molecule has 3 aromatic rings. The largest absolute Gasteiger partial charge is 0.493 e. The van der Waals surface area contributed by atoms with E-state index in [1.807, 2.05) is 0 Å². The molecule has 0 fully saturated rings. The van der Waals surface area contributed by atoms with Crippen LogP contribution in [0.4, 0.5) is 8.78 Å². The summed E-state index contributed by atoms with van der Waals surface area (Å²) in [4.78, 5) is 24.9. The first-order chi connectivity index (χ1) is 18.9. The summed E-state index contributed by atoms with van der Waals surface area (Å²) in [7, 11) is 4.43. The third-order valence-corrected chi connectivity index (χ3v) is 6.35. The zero-order valence-corrected chi connectivity index (χ0v) is 22.4. The maximum atomic E-state index is 13.4. The lowest BCUT2D eigenvalue weighted by atomic mass is 9.87. The summed E-state index contributed by atoms with van der Waals surface area (Å²) in [6.45, 7) is 0.529. The van der Waals surface area contributed by atoms with Gasteiger partial charge in [0.1, 0.15) is 11.6 Å². The van der Waals surface area contributed by atoms with Gasteiger partial charge in [0.05, 0.1) is 21.3 Å². The Labute approximate surface area is 227 Å². The summed E-state index contributed by atoms with van der Waals surface area (Å²) >= 11 is 0. The van der Waals surface area contributed by atoms with Gasteiger partial charge in [-0.2, -0.15) is 0 Å². The van der Waals surface area contributed by atoms with Crippen LogP contribution in [0.15, 0.2) is 60.7 Å². The van der Waals surface area contributed by atoms with Crippen LogP contribution in [-0.4, -0.2) is 46.2 Å². The normalized spacial score (nSPS) is 10.7. The maximum absolute atomic E-state index is 13.4. The summed E-state index contributed by atoms with van der Waals surface area (Å²) in [6.07, 6.45) is 2.48. The highest BCUT2D eigenvalue weighted by atomic mass is 19.1. The zero-order valence-electron chi connectivity index (χ0n) is 22.4. The Hall–Kier alpha value is -4.14. The Kier molecular flexibility index (Phi) is 11.1. The van der Waals surface area contributed by atoms with Gasteiger partial charge in [-0.3, -0.25) is 9.59 Å². The van der Waals surface area contributed by atoms with E-state index in [2.05, 4.69) is 10.6 Å². The Bertz CT molecular complexity index is 1160. The minimum atomic E-state index is -0.337. The van der Waals surface area contributed by atoms with Crippen LogP contribution >= 0.6 is 0 Å². The molecule has 0 atom stereocenters. The molecule has 0 saturated carbocycles. The van der Waals surface area contributed by atoms with Gasteiger partial charge in [-0.25, -0.2) is 8.78 Å². The van der Waals surface area contributed by atoms with E-state index in [0.717, 1.165) is 24.0 Å². The molecule has 9 heteroatoms. The average Bonchev–Trinajstić information content (AvgIpc) is 2.95. The van der Waals surface area contributed by atoms with Crippen molar-refractivity contribution in [3.05, 3.63) is 89.0 Å². The number of benzene rings is 3. The Morgan fingerprint density at radius 1 is 0.744 bits per heavy atom. The second kappa shape index (κ2) is 14.7. The first kappa shape index (κ1) is 29.4. The van der Waals surface area contributed by atoms with Crippen LogP contribution < -0.4 is 24.8 Å². The smallest absolute Gasteiger partial charge is 0.251 e. The first-order valence-corrected chi connectivity index (χ1v) is 12.7. The fourth-order valence-electron chi connectivity index (χ4n) is 4.33. The SMILES string of the molecule is COc1cc(C(=O)NCCNC(=O)CCCCC(c2ccc(F)cc2)c2ccc(F)cc2)cc(OC)c1OC. The van der Waals surface area contributed by atoms with Crippen molar-refractivity contribution in [2.45, 2.75) is 31.6 Å². The van der Waals surface area contributed by atoms with Crippen molar-refractivity contribution in [1.82, 2.24) is 10.6 Å². The lowest BCUT2D eigenvalue weighted by Crippen LogP contribution is -2.34. The third kappa shape index (κ3) is 8.43. The summed E-state index contributed by atoms with van der Waals surface area (Å²) < 4.78 is 42.7. The van der Waals surface area contributed by atoms with Gasteiger partial charge in [0.25, 0.3) is 5.91 Å². The molecule has 0 aromatic heterocycles. The number of methoxy groups -OCH3 is 3. The fraction of sp³-hybridized carbons (Fsp3) is 0.333. The minimum absolute atomic E-state index is 0.0281. The predicted molar refractivity (Wildman–Crippen MR) is 145 cm³/mol. The van der Waals surface area contributed by atoms with Gasteiger partial charge in [-0.15, -0.1) is 0 Å². The van der Waals surface area contributed by atoms with Gasteiger partial charge in [0.2, 0.25) is 11.7 Å². The summed E-state index contributed by atoms with van der Waals surface area (Å²) in [5, 5.41) is 5.57. The van der Waals surface area contributed by atoms with Crippen molar-refractivity contribution in [2.75, 3.05) is 34.4 Å². The highest BCUT2D eigenvalue weighted by molar-refractivity contribution is 5.95. The van der Waals surface area contributed by atoms with E-state index in [9.17, 15) is 18.4 Å². The number of carbonyl (C=O) groups excluding carboxylic acids is 2. The van der Waals surface area contributed by atoms with E-state index in [4.69, 9.17) is 14.2 Å². The molecular weight excluding hydrogens is 506 g/mol. The van der Waals surface area contributed by atoms with Crippen LogP contribution in [-0.2, 0) is 4.79 Å². The van der Waals surface area contributed by atoms with E-state index in [1.54, 1.807) is 36.4 Å². The molecule has 7 nitrogen and oxygen atoms in total. The number of halogens is 2. The number of hydrogen-bond donors (Lipinski definition) is 2. The molecule has 3 aromatic carbocycles. The van der Waals surface area contributed by atoms with Gasteiger partial charge < -0.3 is 24.8 Å². The Morgan fingerprint density at radius 3 is 1.74 bits per heavy atom. The van der Waals surface area contributed by atoms with Crippen molar-refractivity contribution in [1.29, 1.82) is 0 Å². The molecule has 0 aliphatic carbocycles. The molecule has 0 bridgehead atoms. The van der Waals surface area contributed by atoms with Crippen molar-refractivity contribution in [3.63, 3.8) is 0 Å². The number of ether oxygens (including phenoxy) is 3. The quantitative estimate of drug-likeness (QED) is 0.274. The van der Waals surface area contributed by atoms with E-state index >= 15 is 0 Å². The number of rotatable bonds is 14. The number of unbranched alkanes of at least 4 members (excludes halogenated alkanes) is 1. The second-order valence-corrected chi connectivity index (χ2v) is 8.92. The van der Waals surface area contributed by atoms with Crippen molar-refractivity contribution < 1.29 is 32.6 Å². The van der Waals surface area contributed by atoms with E-state index in [1.165, 1.54) is 45.6 Å². The van der Waals surface area contributed by atoms with Crippen molar-refractivity contribution in [3.8, 4) is 17.2 Å². The van der Waals surface area contributed by atoms with Crippen LogP contribution in [0.25, 0.3) is 0 Å². The van der Waals surface area contributed by atoms with Crippen LogP contribution in [0.1, 0.15) is 53.1 Å². The molecule has 0 aliphatic heterocycles. The van der Waals surface area contributed by atoms with Crippen molar-refractivity contribution >= 4 is 11.8 Å². The molecule has 0 saturated heterocycles. The lowest BCUT2D eigenvalue weighted by molar-refractivity contribution is -0.121. The van der Waals surface area contributed by atoms with Gasteiger partial charge in [-0.05, 0) is 60.4 Å². The number of carbonyl (C=O) groups is 2. The molecule has 0 aliphatic rings. The number of hydrogen-bond acceptors (Lipinski definition) is 5. The van der Waals surface area contributed by atoms with E-state index in [-0.39, 0.29) is 42.5 Å². The summed E-state index contributed by atoms with van der Waals surface area (Å²) in [6, 6.07) is 15.7. The van der Waals surface area contributed by atoms with E-state index in [0.29, 0.717) is 35.7 Å².